The van der Waals surface area contributed by atoms with Crippen LogP contribution in [-0.4, -0.2) is 73.1 Å². The molecule has 9 nitrogen and oxygen atoms in total. The Hall–Kier alpha value is -3.32. The molecule has 2 aromatic carbocycles. The molecule has 1 aliphatic rings. The number of benzene rings is 2. The molecule has 0 saturated carbocycles. The molecule has 2 N–H and O–H groups in total. The van der Waals surface area contributed by atoms with Crippen LogP contribution in [0.1, 0.15) is 32.8 Å². The number of phenols is 1. The number of hydrogen-bond donors (Lipinski definition) is 2. The third-order valence-corrected chi connectivity index (χ3v) is 7.52. The van der Waals surface area contributed by atoms with Gasteiger partial charge in [0.15, 0.2) is 0 Å². The van der Waals surface area contributed by atoms with Crippen molar-refractivity contribution in [3.63, 3.8) is 0 Å². The molecule has 1 atom stereocenters. The van der Waals surface area contributed by atoms with Crippen molar-refractivity contribution in [2.45, 2.75) is 50.9 Å². The Balaban J connectivity index is 0.00000247. The van der Waals surface area contributed by atoms with E-state index in [0.29, 0.717) is 12.8 Å². The van der Waals surface area contributed by atoms with Gasteiger partial charge in [-0.25, -0.2) is 8.42 Å². The number of nitrogens with one attached hydrogen (secondary N) is 1. The van der Waals surface area contributed by atoms with Crippen molar-refractivity contribution in [2.75, 3.05) is 26.2 Å². The number of sulfonamides is 1. The van der Waals surface area contributed by atoms with Crippen LogP contribution >= 0.6 is 0 Å². The molecular weight excluding hydrogens is 527 g/mol. The molecule has 0 spiro atoms. The highest BCUT2D eigenvalue weighted by Crippen LogP contribution is 2.27. The molecule has 0 unspecified atom stereocenters. The first-order valence-electron chi connectivity index (χ1n) is 12.1. The predicted octanol–water partition coefficient (Wildman–Crippen LogP) is 3.29. The van der Waals surface area contributed by atoms with Crippen molar-refractivity contribution in [2.24, 2.45) is 0 Å². The number of rotatable bonds is 8. The van der Waals surface area contributed by atoms with Gasteiger partial charge < -0.3 is 20.1 Å². The summed E-state index contributed by atoms with van der Waals surface area (Å²) in [5.41, 5.74) is 0.867. The molecule has 38 heavy (non-hydrogen) atoms. The van der Waals surface area contributed by atoms with E-state index in [0.717, 1.165) is 34.1 Å². The van der Waals surface area contributed by atoms with Gasteiger partial charge in [-0.3, -0.25) is 9.59 Å². The quantitative estimate of drug-likeness (QED) is 0.480. The molecule has 0 radical (unpaired) electrons. The summed E-state index contributed by atoms with van der Waals surface area (Å²) in [4.78, 5) is 25.9. The highest BCUT2D eigenvalue weighted by molar-refractivity contribution is 7.89. The third kappa shape index (κ3) is 8.62. The summed E-state index contributed by atoms with van der Waals surface area (Å²) in [7, 11) is -4.27. The number of ether oxygens (including phenoxy) is 1. The van der Waals surface area contributed by atoms with Crippen molar-refractivity contribution in [1.82, 2.24) is 14.5 Å². The standard InChI is InChI=1S/C23H26F3N3O6S.C2H6/c1-16(30)28-12-13-29(36(33,34)20-9-7-19(8-10-20)35-23(24,25)26)21(15-28)22(32)27-11-3-5-17-4-2-6-18(31)14-17;1-2/h2,4,6-10,14,21,31H,3,5,11-13,15H2,1H3,(H,27,32);1-2H3/t21-;/m1./s1. The van der Waals surface area contributed by atoms with Gasteiger partial charge in [-0.05, 0) is 54.8 Å². The van der Waals surface area contributed by atoms with Crippen molar-refractivity contribution in [3.8, 4) is 11.5 Å². The monoisotopic (exact) mass is 559 g/mol. The molecule has 0 aromatic heterocycles. The normalized spacial score (nSPS) is 16.3. The molecule has 0 aliphatic carbocycles. The number of carbonyl (C=O) groups excluding carboxylic acids is 2. The van der Waals surface area contributed by atoms with E-state index in [9.17, 15) is 36.3 Å². The van der Waals surface area contributed by atoms with Gasteiger partial charge in [0.05, 0.1) is 4.90 Å². The van der Waals surface area contributed by atoms with E-state index in [1.807, 2.05) is 19.9 Å². The number of aryl methyl sites for hydroxylation is 1. The Morgan fingerprint density at radius 2 is 1.76 bits per heavy atom. The number of aromatic hydroxyl groups is 1. The van der Waals surface area contributed by atoms with E-state index < -0.39 is 34.1 Å². The summed E-state index contributed by atoms with van der Waals surface area (Å²) in [5, 5.41) is 12.2. The van der Waals surface area contributed by atoms with Gasteiger partial charge in [0.2, 0.25) is 21.8 Å². The topological polar surface area (TPSA) is 116 Å². The van der Waals surface area contributed by atoms with E-state index in [-0.39, 0.29) is 42.7 Å². The van der Waals surface area contributed by atoms with Crippen molar-refractivity contribution in [1.29, 1.82) is 0 Å². The second-order valence-corrected chi connectivity index (χ2v) is 10.1. The van der Waals surface area contributed by atoms with Gasteiger partial charge in [0, 0.05) is 33.1 Å². The Kier molecular flexibility index (Phi) is 11.0. The van der Waals surface area contributed by atoms with Crippen molar-refractivity contribution >= 4 is 21.8 Å². The van der Waals surface area contributed by atoms with Crippen LogP contribution in [-0.2, 0) is 26.0 Å². The van der Waals surface area contributed by atoms with E-state index in [1.165, 1.54) is 11.8 Å². The first kappa shape index (κ1) is 30.9. The lowest BCUT2D eigenvalue weighted by atomic mass is 10.1. The summed E-state index contributed by atoms with van der Waals surface area (Å²) in [5.74, 6) is -1.37. The molecule has 1 fully saturated rings. The van der Waals surface area contributed by atoms with E-state index in [4.69, 9.17) is 0 Å². The van der Waals surface area contributed by atoms with Crippen LogP contribution in [0.2, 0.25) is 0 Å². The smallest absolute Gasteiger partial charge is 0.508 e. The van der Waals surface area contributed by atoms with Gasteiger partial charge in [-0.2, -0.15) is 4.31 Å². The minimum absolute atomic E-state index is 0.0606. The van der Waals surface area contributed by atoms with Gasteiger partial charge in [-0.1, -0.05) is 26.0 Å². The fourth-order valence-corrected chi connectivity index (χ4v) is 5.41. The highest BCUT2D eigenvalue weighted by atomic mass is 32.2. The number of amides is 2. The maximum absolute atomic E-state index is 13.3. The average Bonchev–Trinajstić information content (AvgIpc) is 2.86. The maximum atomic E-state index is 13.3. The fourth-order valence-electron chi connectivity index (χ4n) is 3.84. The Morgan fingerprint density at radius 3 is 2.34 bits per heavy atom. The van der Waals surface area contributed by atoms with Crippen LogP contribution < -0.4 is 10.1 Å². The van der Waals surface area contributed by atoms with Gasteiger partial charge in [-0.15, -0.1) is 13.2 Å². The number of alkyl halides is 3. The zero-order valence-electron chi connectivity index (χ0n) is 21.4. The van der Waals surface area contributed by atoms with Crippen LogP contribution in [0.25, 0.3) is 0 Å². The molecule has 3 rings (SSSR count). The lowest BCUT2D eigenvalue weighted by molar-refractivity contribution is -0.274. The van der Waals surface area contributed by atoms with Crippen LogP contribution in [0.5, 0.6) is 11.5 Å². The summed E-state index contributed by atoms with van der Waals surface area (Å²) in [6.45, 7) is 5.27. The average molecular weight is 560 g/mol. The number of carbonyl (C=O) groups is 2. The molecule has 1 saturated heterocycles. The Morgan fingerprint density at radius 1 is 1.11 bits per heavy atom. The molecule has 13 heteroatoms. The SMILES string of the molecule is CC.CC(=O)N1CCN(S(=O)(=O)c2ccc(OC(F)(F)F)cc2)[C@@H](C(=O)NCCCc2cccc(O)c2)C1. The second kappa shape index (κ2) is 13.5. The minimum atomic E-state index is -4.92. The van der Waals surface area contributed by atoms with E-state index >= 15 is 0 Å². The Bertz CT molecular complexity index is 1190. The fraction of sp³-hybridized carbons (Fsp3) is 0.440. The molecule has 2 amide bonds. The van der Waals surface area contributed by atoms with E-state index in [1.54, 1.807) is 18.2 Å². The third-order valence-electron chi connectivity index (χ3n) is 5.60. The number of piperazine rings is 1. The molecule has 210 valence electrons. The van der Waals surface area contributed by atoms with Crippen LogP contribution in [0, 0.1) is 0 Å². The van der Waals surface area contributed by atoms with Crippen molar-refractivity contribution < 1.29 is 41.0 Å². The predicted molar refractivity (Wildman–Crippen MR) is 134 cm³/mol. The number of hydrogen-bond acceptors (Lipinski definition) is 6. The molecule has 2 aromatic rings. The summed E-state index contributed by atoms with van der Waals surface area (Å²) < 4.78 is 68.5. The first-order chi connectivity index (χ1) is 17.9. The van der Waals surface area contributed by atoms with Gasteiger partial charge in [0.25, 0.3) is 0 Å². The summed E-state index contributed by atoms with van der Waals surface area (Å²) in [6.07, 6.45) is -3.84. The van der Waals surface area contributed by atoms with Crippen LogP contribution in [0.4, 0.5) is 13.2 Å². The minimum Gasteiger partial charge on any atom is -0.508 e. The van der Waals surface area contributed by atoms with Crippen molar-refractivity contribution in [3.05, 3.63) is 54.1 Å². The van der Waals surface area contributed by atoms with E-state index in [2.05, 4.69) is 10.1 Å². The highest BCUT2D eigenvalue weighted by Gasteiger charge is 2.41. The van der Waals surface area contributed by atoms with Crippen LogP contribution in [0.15, 0.2) is 53.4 Å². The lowest BCUT2D eigenvalue weighted by Crippen LogP contribution is -2.61. The number of phenolic OH excluding ortho intramolecular Hbond substituents is 1. The largest absolute Gasteiger partial charge is 0.573 e. The molecule has 1 aliphatic heterocycles. The molecule has 0 bridgehead atoms. The zero-order chi connectivity index (χ0) is 28.5. The van der Waals surface area contributed by atoms with Gasteiger partial charge >= 0.3 is 6.36 Å². The lowest BCUT2D eigenvalue weighted by Gasteiger charge is -2.39. The Labute approximate surface area is 220 Å². The maximum Gasteiger partial charge on any atom is 0.573 e. The second-order valence-electron chi connectivity index (χ2n) is 8.18. The number of halogens is 3. The zero-order valence-corrected chi connectivity index (χ0v) is 22.2. The summed E-state index contributed by atoms with van der Waals surface area (Å²) >= 11 is 0. The number of nitrogens with zero attached hydrogens (tertiary/aromatic N) is 2. The first-order valence-corrected chi connectivity index (χ1v) is 13.5. The van der Waals surface area contributed by atoms with Crippen LogP contribution in [0.3, 0.4) is 0 Å². The van der Waals surface area contributed by atoms with Gasteiger partial charge in [0.1, 0.15) is 17.5 Å². The molecular formula is C25H32F3N3O6S. The molecule has 1 heterocycles. The summed E-state index contributed by atoms with van der Waals surface area (Å²) in [6, 6.07) is 9.15.